The first-order valence-corrected chi connectivity index (χ1v) is 6.71. The van der Waals surface area contributed by atoms with Crippen LogP contribution in [0.3, 0.4) is 0 Å². The molecule has 2 aromatic heterocycles. The van der Waals surface area contributed by atoms with Gasteiger partial charge in [0.05, 0.1) is 10.6 Å². The third-order valence-electron chi connectivity index (χ3n) is 2.51. The summed E-state index contributed by atoms with van der Waals surface area (Å²) in [7, 11) is 0. The Balaban J connectivity index is 2.44. The molecule has 0 aliphatic rings. The number of pyridine rings is 1. The van der Waals surface area contributed by atoms with Crippen molar-refractivity contribution in [3.63, 3.8) is 0 Å². The molecule has 0 unspecified atom stereocenters. The van der Waals surface area contributed by atoms with E-state index in [1.807, 2.05) is 26.0 Å². The van der Waals surface area contributed by atoms with Crippen LogP contribution < -0.4 is 0 Å². The Morgan fingerprint density at radius 1 is 1.47 bits per heavy atom. The fourth-order valence-corrected chi connectivity index (χ4v) is 2.75. The molecule has 0 aliphatic carbocycles. The summed E-state index contributed by atoms with van der Waals surface area (Å²) in [5.41, 5.74) is 1.87. The standard InChI is InChI=1S/C14H14N2O2S/c1-9(2)13-11(5-6-12(17)18)19-14(16-13)10-4-3-7-15-8-10/h3-9H,1-2H3,(H,17,18)/b6-5+. The lowest BCUT2D eigenvalue weighted by Gasteiger charge is -2.00. The van der Waals surface area contributed by atoms with Gasteiger partial charge in [0.15, 0.2) is 0 Å². The van der Waals surface area contributed by atoms with Crippen LogP contribution in [0.25, 0.3) is 16.6 Å². The highest BCUT2D eigenvalue weighted by molar-refractivity contribution is 7.16. The zero-order valence-corrected chi connectivity index (χ0v) is 11.5. The zero-order chi connectivity index (χ0) is 13.8. The van der Waals surface area contributed by atoms with E-state index in [1.165, 1.54) is 11.3 Å². The van der Waals surface area contributed by atoms with Gasteiger partial charge in [-0.1, -0.05) is 13.8 Å². The van der Waals surface area contributed by atoms with Crippen molar-refractivity contribution in [3.8, 4) is 10.6 Å². The summed E-state index contributed by atoms with van der Waals surface area (Å²) in [6.07, 6.45) is 6.22. The van der Waals surface area contributed by atoms with Crippen LogP contribution in [0.4, 0.5) is 0 Å². The smallest absolute Gasteiger partial charge is 0.328 e. The lowest BCUT2D eigenvalue weighted by molar-refractivity contribution is -0.131. The number of thiazole rings is 1. The number of carboxylic acids is 1. The highest BCUT2D eigenvalue weighted by Gasteiger charge is 2.13. The monoisotopic (exact) mass is 274 g/mol. The molecule has 0 saturated heterocycles. The lowest BCUT2D eigenvalue weighted by Crippen LogP contribution is -1.91. The van der Waals surface area contributed by atoms with Crippen LogP contribution in [0, 0.1) is 0 Å². The Hall–Kier alpha value is -2.01. The van der Waals surface area contributed by atoms with Crippen molar-refractivity contribution >= 4 is 23.4 Å². The molecule has 0 radical (unpaired) electrons. The van der Waals surface area contributed by atoms with Crippen LogP contribution in [0.1, 0.15) is 30.3 Å². The third-order valence-corrected chi connectivity index (χ3v) is 3.60. The molecule has 4 nitrogen and oxygen atoms in total. The lowest BCUT2D eigenvalue weighted by atomic mass is 10.1. The highest BCUT2D eigenvalue weighted by Crippen LogP contribution is 2.32. The number of aliphatic carboxylic acids is 1. The van der Waals surface area contributed by atoms with Gasteiger partial charge in [0.25, 0.3) is 0 Å². The second-order valence-corrected chi connectivity index (χ2v) is 5.37. The van der Waals surface area contributed by atoms with Crippen molar-refractivity contribution in [2.45, 2.75) is 19.8 Å². The van der Waals surface area contributed by atoms with Crippen molar-refractivity contribution in [3.05, 3.63) is 41.2 Å². The molecule has 2 rings (SSSR count). The Morgan fingerprint density at radius 3 is 2.84 bits per heavy atom. The molecule has 0 bridgehead atoms. The second kappa shape index (κ2) is 5.75. The van der Waals surface area contributed by atoms with Crippen LogP contribution in [0.15, 0.2) is 30.6 Å². The average Bonchev–Trinajstić information content (AvgIpc) is 2.81. The van der Waals surface area contributed by atoms with Crippen LogP contribution in [-0.2, 0) is 4.79 Å². The summed E-state index contributed by atoms with van der Waals surface area (Å²) in [6.45, 7) is 4.08. The summed E-state index contributed by atoms with van der Waals surface area (Å²) in [4.78, 5) is 20.2. The van der Waals surface area contributed by atoms with Gasteiger partial charge in [-0.2, -0.15) is 0 Å². The van der Waals surface area contributed by atoms with E-state index in [2.05, 4.69) is 9.97 Å². The highest BCUT2D eigenvalue weighted by atomic mass is 32.1. The first-order valence-electron chi connectivity index (χ1n) is 5.90. The summed E-state index contributed by atoms with van der Waals surface area (Å²) >= 11 is 1.48. The van der Waals surface area contributed by atoms with Crippen molar-refractivity contribution in [1.82, 2.24) is 9.97 Å². The van der Waals surface area contributed by atoms with E-state index in [4.69, 9.17) is 5.11 Å². The quantitative estimate of drug-likeness (QED) is 0.868. The fraction of sp³-hybridized carbons (Fsp3) is 0.214. The van der Waals surface area contributed by atoms with Gasteiger partial charge in [0.2, 0.25) is 0 Å². The first-order chi connectivity index (χ1) is 9.08. The fourth-order valence-electron chi connectivity index (χ4n) is 1.64. The van der Waals surface area contributed by atoms with Crippen LogP contribution in [0.2, 0.25) is 0 Å². The molecule has 0 spiro atoms. The molecule has 1 N–H and O–H groups in total. The topological polar surface area (TPSA) is 63.1 Å². The van der Waals surface area contributed by atoms with E-state index in [0.29, 0.717) is 0 Å². The maximum absolute atomic E-state index is 10.6. The Bertz CT molecular complexity index is 603. The molecule has 0 amide bonds. The molecule has 2 heterocycles. The molecule has 5 heteroatoms. The molecule has 0 fully saturated rings. The van der Waals surface area contributed by atoms with Crippen molar-refractivity contribution in [2.75, 3.05) is 0 Å². The summed E-state index contributed by atoms with van der Waals surface area (Å²) in [5.74, 6) is -0.707. The Kier molecular flexibility index (Phi) is 4.06. The van der Waals surface area contributed by atoms with E-state index in [9.17, 15) is 4.79 Å². The number of rotatable bonds is 4. The van der Waals surface area contributed by atoms with Gasteiger partial charge >= 0.3 is 5.97 Å². The summed E-state index contributed by atoms with van der Waals surface area (Å²) < 4.78 is 0. The number of nitrogens with zero attached hydrogens (tertiary/aromatic N) is 2. The van der Waals surface area contributed by atoms with Gasteiger partial charge in [-0.3, -0.25) is 4.98 Å². The molecule has 0 aliphatic heterocycles. The van der Waals surface area contributed by atoms with Crippen molar-refractivity contribution in [2.24, 2.45) is 0 Å². The minimum Gasteiger partial charge on any atom is -0.478 e. The van der Waals surface area contributed by atoms with Crippen LogP contribution in [0.5, 0.6) is 0 Å². The van der Waals surface area contributed by atoms with Gasteiger partial charge in [0.1, 0.15) is 5.01 Å². The SMILES string of the molecule is CC(C)c1nc(-c2cccnc2)sc1/C=C/C(=O)O. The number of carbonyl (C=O) groups is 1. The normalized spacial score (nSPS) is 11.3. The molecule has 0 atom stereocenters. The van der Waals surface area contributed by atoms with E-state index in [-0.39, 0.29) is 5.92 Å². The molecular weight excluding hydrogens is 260 g/mol. The van der Waals surface area contributed by atoms with Crippen LogP contribution >= 0.6 is 11.3 Å². The average molecular weight is 274 g/mol. The summed E-state index contributed by atoms with van der Waals surface area (Å²) in [6, 6.07) is 3.80. The van der Waals surface area contributed by atoms with E-state index in [0.717, 1.165) is 27.2 Å². The number of hydrogen-bond acceptors (Lipinski definition) is 4. The van der Waals surface area contributed by atoms with E-state index < -0.39 is 5.97 Å². The zero-order valence-electron chi connectivity index (χ0n) is 10.7. The van der Waals surface area contributed by atoms with Gasteiger partial charge in [0, 0.05) is 24.0 Å². The minimum atomic E-state index is -0.953. The van der Waals surface area contributed by atoms with Crippen molar-refractivity contribution in [1.29, 1.82) is 0 Å². The number of carboxylic acid groups (broad SMARTS) is 1. The predicted molar refractivity (Wildman–Crippen MR) is 76.1 cm³/mol. The maximum atomic E-state index is 10.6. The van der Waals surface area contributed by atoms with Gasteiger partial charge in [-0.25, -0.2) is 9.78 Å². The third kappa shape index (κ3) is 3.26. The summed E-state index contributed by atoms with van der Waals surface area (Å²) in [5, 5.41) is 9.58. The molecule has 19 heavy (non-hydrogen) atoms. The Labute approximate surface area is 115 Å². The molecular formula is C14H14N2O2S. The largest absolute Gasteiger partial charge is 0.478 e. The van der Waals surface area contributed by atoms with Gasteiger partial charge < -0.3 is 5.11 Å². The molecule has 2 aromatic rings. The van der Waals surface area contributed by atoms with Gasteiger partial charge in [-0.15, -0.1) is 11.3 Å². The molecule has 98 valence electrons. The van der Waals surface area contributed by atoms with Crippen LogP contribution in [-0.4, -0.2) is 21.0 Å². The van der Waals surface area contributed by atoms with E-state index >= 15 is 0 Å². The maximum Gasteiger partial charge on any atom is 0.328 e. The number of hydrogen-bond donors (Lipinski definition) is 1. The van der Waals surface area contributed by atoms with E-state index in [1.54, 1.807) is 18.5 Å². The predicted octanol–water partition coefficient (Wildman–Crippen LogP) is 3.43. The Morgan fingerprint density at radius 2 is 2.26 bits per heavy atom. The second-order valence-electron chi connectivity index (χ2n) is 4.34. The minimum absolute atomic E-state index is 0.245. The first kappa shape index (κ1) is 13.4. The molecule has 0 saturated carbocycles. The van der Waals surface area contributed by atoms with Crippen molar-refractivity contribution < 1.29 is 9.90 Å². The number of aromatic nitrogens is 2. The molecule has 0 aromatic carbocycles. The van der Waals surface area contributed by atoms with Gasteiger partial charge in [-0.05, 0) is 24.1 Å².